The summed E-state index contributed by atoms with van der Waals surface area (Å²) in [7, 11) is -8.04. The molecule has 1 aromatic heterocycles. The number of unbranched alkanes of at least 4 members (excludes halogenated alkanes) is 1. The number of aromatic amines is 1. The van der Waals surface area contributed by atoms with Gasteiger partial charge in [-0.1, -0.05) is 18.2 Å². The maximum Gasteiger partial charge on any atom is 0.264 e. The fourth-order valence-corrected chi connectivity index (χ4v) is 2.70. The molecule has 21 heavy (non-hydrogen) atoms. The molecule has 1 aromatic carbocycles. The van der Waals surface area contributed by atoms with Gasteiger partial charge in [0.2, 0.25) is 0 Å². The number of aromatic nitrogens is 1. The molecule has 2 rings (SSSR count). The smallest absolute Gasteiger partial charge is 0.264 e. The highest BCUT2D eigenvalue weighted by Gasteiger charge is 2.07. The molecule has 0 atom stereocenters. The van der Waals surface area contributed by atoms with Crippen LogP contribution in [0.15, 0.2) is 36.5 Å². The van der Waals surface area contributed by atoms with Gasteiger partial charge in [-0.15, -0.1) is 0 Å². The Bertz CT molecular complexity index is 700. The van der Waals surface area contributed by atoms with E-state index in [-0.39, 0.29) is 12.8 Å². The molecule has 118 valence electrons. The van der Waals surface area contributed by atoms with Gasteiger partial charge in [0.1, 0.15) is 0 Å². The fraction of sp³-hybridized carbons (Fsp3) is 0.333. The molecule has 0 radical (unpaired) electrons. The predicted octanol–water partition coefficient (Wildman–Crippen LogP) is 1.71. The SMILES string of the molecule is O=S(=O)(O)CCCCS(=O)(=O)O.c1ccc2[nH]ccc2c1. The number of H-pyrrole nitrogens is 1. The Morgan fingerprint density at radius 2 is 1.38 bits per heavy atom. The molecule has 1 heterocycles. The van der Waals surface area contributed by atoms with E-state index in [2.05, 4.69) is 23.2 Å². The van der Waals surface area contributed by atoms with Gasteiger partial charge in [-0.2, -0.15) is 16.8 Å². The molecule has 0 bridgehead atoms. The molecular weight excluding hydrogens is 318 g/mol. The first-order valence-corrected chi connectivity index (χ1v) is 9.32. The van der Waals surface area contributed by atoms with Crippen molar-refractivity contribution in [1.82, 2.24) is 4.98 Å². The van der Waals surface area contributed by atoms with Crippen molar-refractivity contribution in [3.63, 3.8) is 0 Å². The number of rotatable bonds is 5. The van der Waals surface area contributed by atoms with E-state index >= 15 is 0 Å². The molecule has 0 saturated heterocycles. The van der Waals surface area contributed by atoms with Crippen LogP contribution in [-0.2, 0) is 20.2 Å². The van der Waals surface area contributed by atoms with Gasteiger partial charge in [0.15, 0.2) is 0 Å². The molecule has 3 N–H and O–H groups in total. The van der Waals surface area contributed by atoms with E-state index < -0.39 is 31.7 Å². The number of fused-ring (bicyclic) bond motifs is 1. The number of nitrogens with one attached hydrogen (secondary N) is 1. The fourth-order valence-electron chi connectivity index (χ4n) is 1.56. The van der Waals surface area contributed by atoms with E-state index in [1.165, 1.54) is 10.9 Å². The van der Waals surface area contributed by atoms with Crippen LogP contribution in [0.4, 0.5) is 0 Å². The zero-order valence-corrected chi connectivity index (χ0v) is 12.8. The number of para-hydroxylation sites is 1. The Balaban J connectivity index is 0.000000216. The van der Waals surface area contributed by atoms with Gasteiger partial charge in [-0.05, 0) is 30.4 Å². The minimum atomic E-state index is -4.02. The zero-order valence-electron chi connectivity index (χ0n) is 11.1. The third-order valence-corrected chi connectivity index (χ3v) is 4.13. The molecule has 0 aliphatic heterocycles. The number of hydrogen-bond donors (Lipinski definition) is 3. The number of hydrogen-bond acceptors (Lipinski definition) is 4. The molecular formula is C12H17NO6S2. The third kappa shape index (κ3) is 8.45. The Hall–Kier alpha value is -1.42. The van der Waals surface area contributed by atoms with E-state index in [1.54, 1.807) is 0 Å². The molecule has 0 aliphatic rings. The second-order valence-corrected chi connectivity index (χ2v) is 7.49. The minimum Gasteiger partial charge on any atom is -0.361 e. The van der Waals surface area contributed by atoms with Crippen LogP contribution in [0.3, 0.4) is 0 Å². The molecule has 0 aliphatic carbocycles. The van der Waals surface area contributed by atoms with Gasteiger partial charge in [0.05, 0.1) is 11.5 Å². The summed E-state index contributed by atoms with van der Waals surface area (Å²) in [6.07, 6.45) is 1.97. The summed E-state index contributed by atoms with van der Waals surface area (Å²) in [6.45, 7) is 0. The lowest BCUT2D eigenvalue weighted by molar-refractivity contribution is 0.473. The summed E-state index contributed by atoms with van der Waals surface area (Å²) < 4.78 is 56.8. The molecule has 0 amide bonds. The molecule has 7 nitrogen and oxygen atoms in total. The van der Waals surface area contributed by atoms with Gasteiger partial charge in [0, 0.05) is 11.7 Å². The second kappa shape index (κ2) is 7.55. The van der Waals surface area contributed by atoms with E-state index in [0.717, 1.165) is 0 Å². The number of benzene rings is 1. The highest BCUT2D eigenvalue weighted by atomic mass is 32.2. The molecule has 9 heteroatoms. The van der Waals surface area contributed by atoms with Crippen LogP contribution >= 0.6 is 0 Å². The maximum atomic E-state index is 10.1. The van der Waals surface area contributed by atoms with Gasteiger partial charge in [0.25, 0.3) is 20.2 Å². The van der Waals surface area contributed by atoms with Gasteiger partial charge in [-0.25, -0.2) is 0 Å². The summed E-state index contributed by atoms with van der Waals surface area (Å²) in [4.78, 5) is 3.12. The van der Waals surface area contributed by atoms with Crippen LogP contribution in [0.25, 0.3) is 10.9 Å². The first-order chi connectivity index (χ1) is 9.67. The van der Waals surface area contributed by atoms with Crippen LogP contribution < -0.4 is 0 Å². The van der Waals surface area contributed by atoms with Crippen LogP contribution in [0.5, 0.6) is 0 Å². The van der Waals surface area contributed by atoms with Gasteiger partial charge in [-0.3, -0.25) is 9.11 Å². The van der Waals surface area contributed by atoms with E-state index in [1.807, 2.05) is 18.3 Å². The standard InChI is InChI=1S/C8H7N.C4H10O6S2/c1-2-4-8-7(3-1)5-6-9-8;5-11(6,7)3-1-2-4-12(8,9)10/h1-6,9H;1-4H2,(H,5,6,7)(H,8,9,10). The summed E-state index contributed by atoms with van der Waals surface area (Å²) in [5.41, 5.74) is 1.21. The van der Waals surface area contributed by atoms with Gasteiger partial charge < -0.3 is 4.98 Å². The maximum absolute atomic E-state index is 10.1. The third-order valence-electron chi connectivity index (χ3n) is 2.52. The minimum absolute atomic E-state index is 0.0125. The summed E-state index contributed by atoms with van der Waals surface area (Å²) >= 11 is 0. The Morgan fingerprint density at radius 3 is 1.86 bits per heavy atom. The van der Waals surface area contributed by atoms with Crippen LogP contribution in [0.1, 0.15) is 12.8 Å². The first-order valence-electron chi connectivity index (χ1n) is 6.10. The molecule has 0 fully saturated rings. The van der Waals surface area contributed by atoms with Crippen molar-refractivity contribution in [2.75, 3.05) is 11.5 Å². The van der Waals surface area contributed by atoms with Crippen LogP contribution in [0.2, 0.25) is 0 Å². The predicted molar refractivity (Wildman–Crippen MR) is 80.4 cm³/mol. The lowest BCUT2D eigenvalue weighted by Gasteiger charge is -1.96. The highest BCUT2D eigenvalue weighted by Crippen LogP contribution is 2.09. The van der Waals surface area contributed by atoms with Crippen molar-refractivity contribution in [2.45, 2.75) is 12.8 Å². The normalized spacial score (nSPS) is 11.9. The van der Waals surface area contributed by atoms with Crippen molar-refractivity contribution >= 4 is 31.1 Å². The topological polar surface area (TPSA) is 125 Å². The van der Waals surface area contributed by atoms with E-state index in [4.69, 9.17) is 9.11 Å². The molecule has 0 unspecified atom stereocenters. The Morgan fingerprint density at radius 1 is 0.857 bits per heavy atom. The quantitative estimate of drug-likeness (QED) is 0.564. The first kappa shape index (κ1) is 17.6. The molecule has 0 saturated carbocycles. The van der Waals surface area contributed by atoms with Crippen molar-refractivity contribution < 1.29 is 25.9 Å². The average molecular weight is 335 g/mol. The lowest BCUT2D eigenvalue weighted by atomic mass is 10.3. The van der Waals surface area contributed by atoms with Crippen molar-refractivity contribution in [3.05, 3.63) is 36.5 Å². The summed E-state index contributed by atoms with van der Waals surface area (Å²) in [5.74, 6) is -0.967. The zero-order chi connectivity index (χ0) is 15.9. The van der Waals surface area contributed by atoms with Crippen LogP contribution in [-0.4, -0.2) is 42.4 Å². The monoisotopic (exact) mass is 335 g/mol. The van der Waals surface area contributed by atoms with Gasteiger partial charge >= 0.3 is 0 Å². The van der Waals surface area contributed by atoms with Crippen molar-refractivity contribution in [3.8, 4) is 0 Å². The van der Waals surface area contributed by atoms with Crippen molar-refractivity contribution in [2.24, 2.45) is 0 Å². The van der Waals surface area contributed by atoms with Crippen molar-refractivity contribution in [1.29, 1.82) is 0 Å². The van der Waals surface area contributed by atoms with Crippen LogP contribution in [0, 0.1) is 0 Å². The Kier molecular flexibility index (Phi) is 6.34. The summed E-state index contributed by atoms with van der Waals surface area (Å²) in [5, 5.41) is 1.28. The largest absolute Gasteiger partial charge is 0.361 e. The molecule has 0 spiro atoms. The highest BCUT2D eigenvalue weighted by molar-refractivity contribution is 7.86. The second-order valence-electron chi connectivity index (χ2n) is 4.34. The van der Waals surface area contributed by atoms with E-state index in [0.29, 0.717) is 0 Å². The molecule has 2 aromatic rings. The Labute approximate surface area is 123 Å². The van der Waals surface area contributed by atoms with E-state index in [9.17, 15) is 16.8 Å². The lowest BCUT2D eigenvalue weighted by Crippen LogP contribution is -2.08. The average Bonchev–Trinajstić information content (AvgIpc) is 2.81. The summed E-state index contributed by atoms with van der Waals surface area (Å²) in [6, 6.07) is 10.3.